The lowest BCUT2D eigenvalue weighted by molar-refractivity contribution is -0.140. The first-order valence-electron chi connectivity index (χ1n) is 9.60. The summed E-state index contributed by atoms with van der Waals surface area (Å²) in [5.74, 6) is 0.0532. The second kappa shape index (κ2) is 6.99. The second-order valence-corrected chi connectivity index (χ2v) is 7.84. The predicted octanol–water partition coefficient (Wildman–Crippen LogP) is 1.43. The van der Waals surface area contributed by atoms with E-state index in [0.29, 0.717) is 31.7 Å². The number of nitrogens with zero attached hydrogens (tertiary/aromatic N) is 2. The monoisotopic (exact) mass is 359 g/mol. The van der Waals surface area contributed by atoms with Crippen molar-refractivity contribution in [3.63, 3.8) is 0 Å². The van der Waals surface area contributed by atoms with Gasteiger partial charge in [-0.3, -0.25) is 9.59 Å². The van der Waals surface area contributed by atoms with E-state index in [1.165, 1.54) is 6.07 Å². The highest BCUT2D eigenvalue weighted by molar-refractivity contribution is 5.83. The standard InChI is InChI=1S/C20H26FN3O2/c21-17-4-2-1-3-15(17)13-18(25)23-9-11-24(12-10-23)19(26)16-14-20(16)5-7-22-8-6-20/h1-4,16,22H,5-14H2. The molecule has 2 saturated heterocycles. The van der Waals surface area contributed by atoms with Crippen molar-refractivity contribution in [1.29, 1.82) is 0 Å². The average Bonchev–Trinajstić information content (AvgIpc) is 3.36. The summed E-state index contributed by atoms with van der Waals surface area (Å²) in [6, 6.07) is 6.40. The van der Waals surface area contributed by atoms with Crippen molar-refractivity contribution in [2.45, 2.75) is 25.7 Å². The fraction of sp³-hybridized carbons (Fsp3) is 0.600. The van der Waals surface area contributed by atoms with Crippen LogP contribution in [0.3, 0.4) is 0 Å². The minimum absolute atomic E-state index is 0.0663. The number of hydrogen-bond donors (Lipinski definition) is 1. The van der Waals surface area contributed by atoms with Crippen LogP contribution in [0.4, 0.5) is 4.39 Å². The third-order valence-corrected chi connectivity index (χ3v) is 6.33. The zero-order chi connectivity index (χ0) is 18.1. The van der Waals surface area contributed by atoms with E-state index in [0.717, 1.165) is 32.4 Å². The summed E-state index contributed by atoms with van der Waals surface area (Å²) in [7, 11) is 0. The molecule has 1 aromatic rings. The number of halogens is 1. The summed E-state index contributed by atoms with van der Waals surface area (Å²) in [5.41, 5.74) is 0.682. The maximum absolute atomic E-state index is 13.7. The van der Waals surface area contributed by atoms with Crippen LogP contribution in [0.15, 0.2) is 24.3 Å². The summed E-state index contributed by atoms with van der Waals surface area (Å²) < 4.78 is 13.7. The molecule has 0 aromatic heterocycles. The summed E-state index contributed by atoms with van der Waals surface area (Å²) in [6.45, 7) is 4.30. The van der Waals surface area contributed by atoms with Crippen LogP contribution >= 0.6 is 0 Å². The topological polar surface area (TPSA) is 52.7 Å². The smallest absolute Gasteiger partial charge is 0.227 e. The summed E-state index contributed by atoms with van der Waals surface area (Å²) in [5, 5.41) is 3.37. The molecule has 5 nitrogen and oxygen atoms in total. The van der Waals surface area contributed by atoms with E-state index in [1.807, 2.05) is 4.90 Å². The zero-order valence-electron chi connectivity index (χ0n) is 15.0. The molecule has 0 bridgehead atoms. The highest BCUT2D eigenvalue weighted by Gasteiger charge is 2.58. The summed E-state index contributed by atoms with van der Waals surface area (Å²) in [4.78, 5) is 28.9. The molecular formula is C20H26FN3O2. The highest BCUT2D eigenvalue weighted by Crippen LogP contribution is 2.59. The molecule has 1 aromatic carbocycles. The van der Waals surface area contributed by atoms with Crippen LogP contribution in [-0.4, -0.2) is 60.9 Å². The molecule has 26 heavy (non-hydrogen) atoms. The Morgan fingerprint density at radius 3 is 2.42 bits per heavy atom. The van der Waals surface area contributed by atoms with Gasteiger partial charge in [0.2, 0.25) is 11.8 Å². The first-order chi connectivity index (χ1) is 12.6. The molecule has 1 atom stereocenters. The van der Waals surface area contributed by atoms with Gasteiger partial charge in [0.25, 0.3) is 0 Å². The molecule has 2 amide bonds. The molecule has 1 spiro atoms. The Kier molecular flexibility index (Phi) is 4.69. The zero-order valence-corrected chi connectivity index (χ0v) is 15.0. The van der Waals surface area contributed by atoms with Crippen LogP contribution in [0.1, 0.15) is 24.8 Å². The number of hydrogen-bond acceptors (Lipinski definition) is 3. The van der Waals surface area contributed by atoms with Crippen molar-refractivity contribution in [3.8, 4) is 0 Å². The largest absolute Gasteiger partial charge is 0.339 e. The van der Waals surface area contributed by atoms with E-state index < -0.39 is 0 Å². The van der Waals surface area contributed by atoms with E-state index in [1.54, 1.807) is 23.1 Å². The highest BCUT2D eigenvalue weighted by atomic mass is 19.1. The Bertz CT molecular complexity index is 694. The van der Waals surface area contributed by atoms with E-state index in [9.17, 15) is 14.0 Å². The van der Waals surface area contributed by atoms with Gasteiger partial charge in [-0.2, -0.15) is 0 Å². The number of carbonyl (C=O) groups excluding carboxylic acids is 2. The molecule has 140 valence electrons. The molecule has 2 heterocycles. The normalized spacial score (nSPS) is 24.6. The molecule has 6 heteroatoms. The lowest BCUT2D eigenvalue weighted by Gasteiger charge is -2.35. The third kappa shape index (κ3) is 3.34. The lowest BCUT2D eigenvalue weighted by atomic mass is 9.91. The number of rotatable bonds is 3. The first kappa shape index (κ1) is 17.5. The molecule has 1 aliphatic carbocycles. The number of piperazine rings is 1. The van der Waals surface area contributed by atoms with Crippen molar-refractivity contribution < 1.29 is 14.0 Å². The van der Waals surface area contributed by atoms with Crippen molar-refractivity contribution in [1.82, 2.24) is 15.1 Å². The van der Waals surface area contributed by atoms with Crippen LogP contribution in [0.5, 0.6) is 0 Å². The fourth-order valence-electron chi connectivity index (χ4n) is 4.49. The Morgan fingerprint density at radius 2 is 1.73 bits per heavy atom. The Labute approximate surface area is 153 Å². The van der Waals surface area contributed by atoms with Crippen LogP contribution < -0.4 is 5.32 Å². The Morgan fingerprint density at radius 1 is 1.08 bits per heavy atom. The van der Waals surface area contributed by atoms with E-state index in [2.05, 4.69) is 5.32 Å². The van der Waals surface area contributed by atoms with Crippen molar-refractivity contribution >= 4 is 11.8 Å². The van der Waals surface area contributed by atoms with Crippen molar-refractivity contribution in [3.05, 3.63) is 35.6 Å². The van der Waals surface area contributed by atoms with Gasteiger partial charge in [0.05, 0.1) is 6.42 Å². The van der Waals surface area contributed by atoms with Gasteiger partial charge in [-0.05, 0) is 49.4 Å². The number of piperidine rings is 1. The number of nitrogens with one attached hydrogen (secondary N) is 1. The molecule has 1 unspecified atom stereocenters. The van der Waals surface area contributed by atoms with Gasteiger partial charge in [0.15, 0.2) is 0 Å². The van der Waals surface area contributed by atoms with Gasteiger partial charge < -0.3 is 15.1 Å². The lowest BCUT2D eigenvalue weighted by Crippen LogP contribution is -2.51. The van der Waals surface area contributed by atoms with Crippen molar-refractivity contribution in [2.24, 2.45) is 11.3 Å². The molecule has 1 N–H and O–H groups in total. The van der Waals surface area contributed by atoms with Gasteiger partial charge in [-0.25, -0.2) is 4.39 Å². The van der Waals surface area contributed by atoms with Gasteiger partial charge >= 0.3 is 0 Å². The molecule has 4 rings (SSSR count). The fourth-order valence-corrected chi connectivity index (χ4v) is 4.49. The molecular weight excluding hydrogens is 333 g/mol. The van der Waals surface area contributed by atoms with E-state index >= 15 is 0 Å². The van der Waals surface area contributed by atoms with Crippen LogP contribution in [0.2, 0.25) is 0 Å². The second-order valence-electron chi connectivity index (χ2n) is 7.84. The van der Waals surface area contributed by atoms with Crippen molar-refractivity contribution in [2.75, 3.05) is 39.3 Å². The summed E-state index contributed by atoms with van der Waals surface area (Å²) >= 11 is 0. The first-order valence-corrected chi connectivity index (χ1v) is 9.60. The third-order valence-electron chi connectivity index (χ3n) is 6.33. The number of carbonyl (C=O) groups is 2. The Hall–Kier alpha value is -1.95. The number of amides is 2. The van der Waals surface area contributed by atoms with Gasteiger partial charge in [-0.1, -0.05) is 18.2 Å². The summed E-state index contributed by atoms with van der Waals surface area (Å²) in [6.07, 6.45) is 3.31. The molecule has 3 fully saturated rings. The quantitative estimate of drug-likeness (QED) is 0.888. The SMILES string of the molecule is O=C(Cc1ccccc1F)N1CCN(C(=O)C2CC23CCNCC3)CC1. The Balaban J connectivity index is 1.28. The molecule has 0 radical (unpaired) electrons. The van der Waals surface area contributed by atoms with Crippen LogP contribution in [-0.2, 0) is 16.0 Å². The average molecular weight is 359 g/mol. The maximum atomic E-state index is 13.7. The van der Waals surface area contributed by atoms with Gasteiger partial charge in [0, 0.05) is 32.1 Å². The molecule has 1 saturated carbocycles. The molecule has 2 aliphatic heterocycles. The van der Waals surface area contributed by atoms with E-state index in [-0.39, 0.29) is 35.4 Å². The van der Waals surface area contributed by atoms with E-state index in [4.69, 9.17) is 0 Å². The number of benzene rings is 1. The van der Waals surface area contributed by atoms with Gasteiger partial charge in [0.1, 0.15) is 5.82 Å². The predicted molar refractivity (Wildman–Crippen MR) is 95.9 cm³/mol. The molecule has 3 aliphatic rings. The van der Waals surface area contributed by atoms with Crippen LogP contribution in [0, 0.1) is 17.2 Å². The maximum Gasteiger partial charge on any atom is 0.227 e. The minimum atomic E-state index is -0.337. The van der Waals surface area contributed by atoms with Crippen LogP contribution in [0.25, 0.3) is 0 Å². The van der Waals surface area contributed by atoms with Gasteiger partial charge in [-0.15, -0.1) is 0 Å². The minimum Gasteiger partial charge on any atom is -0.339 e.